The second kappa shape index (κ2) is 7.92. The molecule has 1 aromatic carbocycles. The van der Waals surface area contributed by atoms with Crippen molar-refractivity contribution in [3.8, 4) is 0 Å². The largest absolute Gasteiger partial charge is 0.329 e. The third-order valence-electron chi connectivity index (χ3n) is 4.27. The van der Waals surface area contributed by atoms with E-state index < -0.39 is 0 Å². The Kier molecular flexibility index (Phi) is 6.21. The molecule has 1 fully saturated rings. The van der Waals surface area contributed by atoms with Crippen molar-refractivity contribution in [2.24, 2.45) is 11.7 Å². The Morgan fingerprint density at radius 1 is 1.43 bits per heavy atom. The quantitative estimate of drug-likeness (QED) is 0.855. The highest BCUT2D eigenvalue weighted by Crippen LogP contribution is 2.24. The monoisotopic (exact) mass is 353 g/mol. The Morgan fingerprint density at radius 3 is 2.76 bits per heavy atom. The number of benzene rings is 1. The smallest absolute Gasteiger partial charge is 0.238 e. The minimum Gasteiger partial charge on any atom is -0.329 e. The van der Waals surface area contributed by atoms with Gasteiger partial charge in [0.15, 0.2) is 0 Å². The first-order chi connectivity index (χ1) is 10.1. The van der Waals surface area contributed by atoms with Crippen molar-refractivity contribution in [3.63, 3.8) is 0 Å². The molecule has 1 aliphatic rings. The molecule has 1 amide bonds. The van der Waals surface area contributed by atoms with Crippen molar-refractivity contribution in [1.29, 1.82) is 0 Å². The summed E-state index contributed by atoms with van der Waals surface area (Å²) in [6.45, 7) is 4.25. The van der Waals surface area contributed by atoms with Crippen LogP contribution in [0.25, 0.3) is 0 Å². The van der Waals surface area contributed by atoms with Crippen molar-refractivity contribution >= 4 is 27.5 Å². The number of nitrogens with zero attached hydrogens (tertiary/aromatic N) is 1. The minimum absolute atomic E-state index is 0.0331. The summed E-state index contributed by atoms with van der Waals surface area (Å²) in [6, 6.07) is 7.97. The summed E-state index contributed by atoms with van der Waals surface area (Å²) in [6.07, 6.45) is 3.48. The second-order valence-electron chi connectivity index (χ2n) is 5.71. The zero-order valence-corrected chi connectivity index (χ0v) is 14.1. The van der Waals surface area contributed by atoms with Crippen molar-refractivity contribution in [3.05, 3.63) is 28.7 Å². The maximum atomic E-state index is 12.2. The molecule has 0 aromatic heterocycles. The average Bonchev–Trinajstić information content (AvgIpc) is 2.50. The first-order valence-electron chi connectivity index (χ1n) is 7.62. The lowest BCUT2D eigenvalue weighted by Gasteiger charge is -2.38. The van der Waals surface area contributed by atoms with Crippen LogP contribution in [0, 0.1) is 5.92 Å². The number of halogens is 1. The van der Waals surface area contributed by atoms with E-state index in [0.29, 0.717) is 19.1 Å². The van der Waals surface area contributed by atoms with Crippen molar-refractivity contribution in [2.75, 3.05) is 25.0 Å². The van der Waals surface area contributed by atoms with Gasteiger partial charge in [0.1, 0.15) is 0 Å². The van der Waals surface area contributed by atoms with Crippen LogP contribution in [0.3, 0.4) is 0 Å². The fraction of sp³-hybridized carbons (Fsp3) is 0.562. The number of carbonyl (C=O) groups excluding carboxylic acids is 1. The molecule has 1 saturated heterocycles. The number of rotatable bonds is 5. The van der Waals surface area contributed by atoms with Crippen LogP contribution in [0.15, 0.2) is 28.7 Å². The number of amides is 1. The molecule has 0 spiro atoms. The van der Waals surface area contributed by atoms with Crippen LogP contribution in [0.4, 0.5) is 5.69 Å². The maximum absolute atomic E-state index is 12.2. The SMILES string of the molecule is CCC1CCN(CC(=O)Nc2ccc(Br)cc2)C(CN)C1. The number of likely N-dealkylation sites (tertiary alicyclic amines) is 1. The Bertz CT molecular complexity index is 463. The lowest BCUT2D eigenvalue weighted by atomic mass is 9.89. The van der Waals surface area contributed by atoms with E-state index in [1.807, 2.05) is 24.3 Å². The highest BCUT2D eigenvalue weighted by atomic mass is 79.9. The molecule has 1 aliphatic heterocycles. The third-order valence-corrected chi connectivity index (χ3v) is 4.80. The molecule has 0 radical (unpaired) electrons. The van der Waals surface area contributed by atoms with Gasteiger partial charge >= 0.3 is 0 Å². The molecule has 3 N–H and O–H groups in total. The third kappa shape index (κ3) is 4.80. The van der Waals surface area contributed by atoms with Gasteiger partial charge in [0.05, 0.1) is 6.54 Å². The number of nitrogens with two attached hydrogens (primary N) is 1. The molecule has 0 saturated carbocycles. The van der Waals surface area contributed by atoms with E-state index in [2.05, 4.69) is 33.1 Å². The zero-order valence-electron chi connectivity index (χ0n) is 12.5. The highest BCUT2D eigenvalue weighted by molar-refractivity contribution is 9.10. The summed E-state index contributed by atoms with van der Waals surface area (Å²) in [5.74, 6) is 0.787. The van der Waals surface area contributed by atoms with Gasteiger partial charge in [-0.3, -0.25) is 9.69 Å². The average molecular weight is 354 g/mol. The molecule has 4 nitrogen and oxygen atoms in total. The van der Waals surface area contributed by atoms with E-state index in [9.17, 15) is 4.79 Å². The van der Waals surface area contributed by atoms with Crippen LogP contribution in [-0.4, -0.2) is 36.5 Å². The van der Waals surface area contributed by atoms with Gasteiger partial charge in [-0.1, -0.05) is 29.3 Å². The molecule has 1 aromatic rings. The summed E-state index contributed by atoms with van der Waals surface area (Å²) in [5, 5.41) is 2.94. The molecule has 5 heteroatoms. The number of nitrogens with one attached hydrogen (secondary N) is 1. The van der Waals surface area contributed by atoms with E-state index in [4.69, 9.17) is 5.73 Å². The molecule has 2 rings (SSSR count). The van der Waals surface area contributed by atoms with Crippen LogP contribution < -0.4 is 11.1 Å². The molecule has 0 aliphatic carbocycles. The zero-order chi connectivity index (χ0) is 15.2. The predicted octanol–water partition coefficient (Wildman–Crippen LogP) is 2.84. The molecule has 116 valence electrons. The number of anilines is 1. The summed E-state index contributed by atoms with van der Waals surface area (Å²) in [5.41, 5.74) is 6.71. The summed E-state index contributed by atoms with van der Waals surface area (Å²) in [4.78, 5) is 14.4. The van der Waals surface area contributed by atoms with Crippen LogP contribution in [-0.2, 0) is 4.79 Å². The topological polar surface area (TPSA) is 58.4 Å². The van der Waals surface area contributed by atoms with Gasteiger partial charge in [0.2, 0.25) is 5.91 Å². The van der Waals surface area contributed by atoms with Gasteiger partial charge in [-0.2, -0.15) is 0 Å². The van der Waals surface area contributed by atoms with Crippen LogP contribution in [0.1, 0.15) is 26.2 Å². The Balaban J connectivity index is 1.88. The van der Waals surface area contributed by atoms with Crippen LogP contribution in [0.5, 0.6) is 0 Å². The lowest BCUT2D eigenvalue weighted by molar-refractivity contribution is -0.118. The van der Waals surface area contributed by atoms with E-state index in [1.54, 1.807) is 0 Å². The first-order valence-corrected chi connectivity index (χ1v) is 8.41. The summed E-state index contributed by atoms with van der Waals surface area (Å²) >= 11 is 3.39. The lowest BCUT2D eigenvalue weighted by Crippen LogP contribution is -2.49. The Labute approximate surface area is 135 Å². The van der Waals surface area contributed by atoms with Crippen LogP contribution in [0.2, 0.25) is 0 Å². The Morgan fingerprint density at radius 2 is 2.14 bits per heavy atom. The second-order valence-corrected chi connectivity index (χ2v) is 6.63. The molecule has 1 heterocycles. The van der Waals surface area contributed by atoms with E-state index in [1.165, 1.54) is 12.8 Å². The normalized spacial score (nSPS) is 23.0. The maximum Gasteiger partial charge on any atom is 0.238 e. The van der Waals surface area contributed by atoms with Gasteiger partial charge in [-0.15, -0.1) is 0 Å². The number of carbonyl (C=O) groups is 1. The predicted molar refractivity (Wildman–Crippen MR) is 90.2 cm³/mol. The van der Waals surface area contributed by atoms with Crippen molar-refractivity contribution in [2.45, 2.75) is 32.2 Å². The van der Waals surface area contributed by atoms with Gasteiger partial charge in [-0.25, -0.2) is 0 Å². The van der Waals surface area contributed by atoms with E-state index in [-0.39, 0.29) is 5.91 Å². The minimum atomic E-state index is 0.0331. The molecule has 2 atom stereocenters. The molecule has 2 unspecified atom stereocenters. The standard InChI is InChI=1S/C16H24BrN3O/c1-2-12-7-8-20(15(9-12)10-18)11-16(21)19-14-5-3-13(17)4-6-14/h3-6,12,15H,2,7-11,18H2,1H3,(H,19,21). The summed E-state index contributed by atoms with van der Waals surface area (Å²) in [7, 11) is 0. The van der Waals surface area contributed by atoms with E-state index in [0.717, 1.165) is 29.0 Å². The van der Waals surface area contributed by atoms with Crippen molar-refractivity contribution < 1.29 is 4.79 Å². The van der Waals surface area contributed by atoms with Gasteiger partial charge in [-0.05, 0) is 49.6 Å². The molecule has 0 bridgehead atoms. The van der Waals surface area contributed by atoms with Crippen LogP contribution >= 0.6 is 15.9 Å². The number of piperidine rings is 1. The molecular weight excluding hydrogens is 330 g/mol. The first kappa shape index (κ1) is 16.5. The van der Waals surface area contributed by atoms with Gasteiger partial charge in [0, 0.05) is 22.7 Å². The van der Waals surface area contributed by atoms with Crippen molar-refractivity contribution in [1.82, 2.24) is 4.90 Å². The summed E-state index contributed by atoms with van der Waals surface area (Å²) < 4.78 is 1.00. The number of hydrogen-bond acceptors (Lipinski definition) is 3. The fourth-order valence-electron chi connectivity index (χ4n) is 2.93. The molecule has 21 heavy (non-hydrogen) atoms. The fourth-order valence-corrected chi connectivity index (χ4v) is 3.19. The van der Waals surface area contributed by atoms with E-state index >= 15 is 0 Å². The van der Waals surface area contributed by atoms with Gasteiger partial charge in [0.25, 0.3) is 0 Å². The Hall–Kier alpha value is -0.910. The number of hydrogen-bond donors (Lipinski definition) is 2. The molecular formula is C16H24BrN3O. The highest BCUT2D eigenvalue weighted by Gasteiger charge is 2.27. The van der Waals surface area contributed by atoms with Gasteiger partial charge < -0.3 is 11.1 Å².